The van der Waals surface area contributed by atoms with Crippen molar-refractivity contribution in [2.24, 2.45) is 0 Å². The Morgan fingerprint density at radius 2 is 0.982 bits per heavy atom. The lowest BCUT2D eigenvalue weighted by molar-refractivity contribution is 1.17. The van der Waals surface area contributed by atoms with Crippen molar-refractivity contribution >= 4 is 33.2 Å². The molecule has 0 amide bonds. The van der Waals surface area contributed by atoms with Crippen LogP contribution in [-0.4, -0.2) is 14.5 Å². The van der Waals surface area contributed by atoms with Crippen LogP contribution >= 0.6 is 0 Å². The van der Waals surface area contributed by atoms with Crippen molar-refractivity contribution < 1.29 is 0 Å². The summed E-state index contributed by atoms with van der Waals surface area (Å²) in [6.45, 7) is 15.7. The SMILES string of the molecule is [C-]#[N+]c1cccc(-c2cc(-c3nc(-c4ccccc4)cc(-c4ccccc4)n3)cc(-c3cccc(C#N)c3)c2-n2c3ccc(C#N)cc3c3cc([N+]#[C-])ccc32)c1. The zero-order valence-electron chi connectivity index (χ0n) is 30.2. The van der Waals surface area contributed by atoms with Gasteiger partial charge in [0.05, 0.1) is 64.5 Å². The molecular formula is C50H27N7. The summed E-state index contributed by atoms with van der Waals surface area (Å²) in [6, 6.07) is 57.0. The summed E-state index contributed by atoms with van der Waals surface area (Å²) < 4.78 is 2.16. The lowest BCUT2D eigenvalue weighted by Gasteiger charge is -2.21. The van der Waals surface area contributed by atoms with Crippen LogP contribution in [0.1, 0.15) is 11.1 Å². The Labute approximate surface area is 328 Å². The zero-order valence-corrected chi connectivity index (χ0v) is 30.2. The van der Waals surface area contributed by atoms with E-state index in [1.54, 1.807) is 24.3 Å². The molecule has 0 unspecified atom stereocenters. The van der Waals surface area contributed by atoms with Gasteiger partial charge in [-0.25, -0.2) is 19.7 Å². The molecule has 7 heteroatoms. The molecule has 262 valence electrons. The van der Waals surface area contributed by atoms with E-state index in [-0.39, 0.29) is 0 Å². The molecule has 0 bridgehead atoms. The quantitative estimate of drug-likeness (QED) is 0.160. The number of nitriles is 2. The fourth-order valence-electron chi connectivity index (χ4n) is 7.43. The first kappa shape index (κ1) is 34.2. The second-order valence-corrected chi connectivity index (χ2v) is 13.5. The monoisotopic (exact) mass is 725 g/mol. The normalized spacial score (nSPS) is 10.7. The molecule has 7 nitrogen and oxygen atoms in total. The van der Waals surface area contributed by atoms with Crippen LogP contribution in [0, 0.1) is 35.8 Å². The van der Waals surface area contributed by atoms with E-state index in [0.29, 0.717) is 28.3 Å². The number of nitrogens with zero attached hydrogens (tertiary/aromatic N) is 7. The maximum absolute atomic E-state index is 10.1. The minimum atomic E-state index is 0.480. The molecule has 2 aromatic heterocycles. The molecule has 9 aromatic rings. The van der Waals surface area contributed by atoms with E-state index in [1.807, 2.05) is 127 Å². The summed E-state index contributed by atoms with van der Waals surface area (Å²) in [5.41, 5.74) is 11.7. The Balaban J connectivity index is 1.45. The third-order valence-electron chi connectivity index (χ3n) is 10.1. The van der Waals surface area contributed by atoms with Crippen LogP contribution in [0.3, 0.4) is 0 Å². The number of hydrogen-bond acceptors (Lipinski definition) is 4. The summed E-state index contributed by atoms with van der Waals surface area (Å²) >= 11 is 0. The van der Waals surface area contributed by atoms with Gasteiger partial charge in [0, 0.05) is 33.2 Å². The van der Waals surface area contributed by atoms with Gasteiger partial charge in [0.15, 0.2) is 17.2 Å². The molecule has 0 aliphatic carbocycles. The van der Waals surface area contributed by atoms with E-state index >= 15 is 0 Å². The first-order chi connectivity index (χ1) is 28.0. The van der Waals surface area contributed by atoms with Crippen molar-refractivity contribution in [1.29, 1.82) is 10.5 Å². The van der Waals surface area contributed by atoms with E-state index in [9.17, 15) is 10.5 Å². The average Bonchev–Trinajstić information content (AvgIpc) is 3.61. The molecule has 0 atom stereocenters. The summed E-state index contributed by atoms with van der Waals surface area (Å²) in [7, 11) is 0. The van der Waals surface area contributed by atoms with Crippen molar-refractivity contribution in [3.63, 3.8) is 0 Å². The van der Waals surface area contributed by atoms with E-state index in [1.165, 1.54) is 0 Å². The van der Waals surface area contributed by atoms with Gasteiger partial charge in [-0.15, -0.1) is 0 Å². The minimum absolute atomic E-state index is 0.480. The standard InChI is InChI=1S/C50H27N7/c1-53-39-18-10-17-37(25-39)42-27-38(50-55-45(34-12-5-3-6-13-34)29-46(56-50)35-14-7-4-8-15-35)26-41(36-16-9-11-32(23-36)30-51)49(42)57-47-21-19-33(31-52)24-43(47)44-28-40(54-2)20-22-48(44)57/h3-29H. The fourth-order valence-corrected chi connectivity index (χ4v) is 7.43. The number of benzene rings is 7. The molecule has 0 radical (unpaired) electrons. The van der Waals surface area contributed by atoms with Crippen LogP contribution in [-0.2, 0) is 0 Å². The highest BCUT2D eigenvalue weighted by Gasteiger charge is 2.23. The van der Waals surface area contributed by atoms with E-state index in [2.05, 4.69) is 38.5 Å². The Kier molecular flexibility index (Phi) is 8.58. The fraction of sp³-hybridized carbons (Fsp3) is 0. The van der Waals surface area contributed by atoms with Crippen molar-refractivity contribution in [2.75, 3.05) is 0 Å². The van der Waals surface area contributed by atoms with Crippen LogP contribution in [0.5, 0.6) is 0 Å². The lowest BCUT2D eigenvalue weighted by atomic mass is 9.91. The summed E-state index contributed by atoms with van der Waals surface area (Å²) in [6.07, 6.45) is 0. The molecule has 7 aromatic carbocycles. The summed E-state index contributed by atoms with van der Waals surface area (Å²) in [5, 5.41) is 21.7. The van der Waals surface area contributed by atoms with Crippen LogP contribution in [0.2, 0.25) is 0 Å². The average molecular weight is 726 g/mol. The van der Waals surface area contributed by atoms with Gasteiger partial charge in [-0.1, -0.05) is 97.1 Å². The van der Waals surface area contributed by atoms with Gasteiger partial charge in [0.1, 0.15) is 0 Å². The highest BCUT2D eigenvalue weighted by Crippen LogP contribution is 2.45. The molecule has 57 heavy (non-hydrogen) atoms. The van der Waals surface area contributed by atoms with Crippen molar-refractivity contribution in [3.8, 4) is 74.0 Å². The van der Waals surface area contributed by atoms with Crippen LogP contribution in [0.15, 0.2) is 164 Å². The summed E-state index contributed by atoms with van der Waals surface area (Å²) in [4.78, 5) is 17.9. The Morgan fingerprint density at radius 3 is 1.60 bits per heavy atom. The molecular weight excluding hydrogens is 699 g/mol. The van der Waals surface area contributed by atoms with E-state index in [4.69, 9.17) is 23.1 Å². The van der Waals surface area contributed by atoms with Crippen LogP contribution in [0.4, 0.5) is 11.4 Å². The number of hydrogen-bond donors (Lipinski definition) is 0. The molecule has 2 heterocycles. The van der Waals surface area contributed by atoms with Crippen molar-refractivity contribution in [3.05, 3.63) is 198 Å². The second-order valence-electron chi connectivity index (χ2n) is 13.5. The van der Waals surface area contributed by atoms with Crippen molar-refractivity contribution in [1.82, 2.24) is 14.5 Å². The highest BCUT2D eigenvalue weighted by atomic mass is 15.0. The number of rotatable bonds is 6. The van der Waals surface area contributed by atoms with Gasteiger partial charge >= 0.3 is 0 Å². The van der Waals surface area contributed by atoms with Gasteiger partial charge in [-0.3, -0.25) is 0 Å². The first-order valence-corrected chi connectivity index (χ1v) is 18.1. The molecule has 0 N–H and O–H groups in total. The zero-order chi connectivity index (χ0) is 38.9. The highest BCUT2D eigenvalue weighted by molar-refractivity contribution is 6.12. The smallest absolute Gasteiger partial charge is 0.188 e. The maximum Gasteiger partial charge on any atom is 0.188 e. The predicted octanol–water partition coefficient (Wildman–Crippen LogP) is 12.8. The third-order valence-corrected chi connectivity index (χ3v) is 10.1. The Hall–Kier alpha value is -8.62. The minimum Gasteiger partial charge on any atom is -0.308 e. The number of aromatic nitrogens is 3. The lowest BCUT2D eigenvalue weighted by Crippen LogP contribution is -2.03. The van der Waals surface area contributed by atoms with Crippen LogP contribution < -0.4 is 0 Å². The Morgan fingerprint density at radius 1 is 0.456 bits per heavy atom. The molecule has 0 saturated heterocycles. The molecule has 9 rings (SSSR count). The maximum atomic E-state index is 10.1. The molecule has 0 fully saturated rings. The van der Waals surface area contributed by atoms with Crippen molar-refractivity contribution in [2.45, 2.75) is 0 Å². The molecule has 0 aliphatic rings. The van der Waals surface area contributed by atoms with Gasteiger partial charge in [0.2, 0.25) is 0 Å². The Bertz CT molecular complexity index is 3020. The second kappa shape index (κ2) is 14.3. The molecule has 0 spiro atoms. The largest absolute Gasteiger partial charge is 0.308 e. The van der Waals surface area contributed by atoms with Gasteiger partial charge in [-0.2, -0.15) is 10.5 Å². The third kappa shape index (κ3) is 6.21. The first-order valence-electron chi connectivity index (χ1n) is 18.1. The predicted molar refractivity (Wildman–Crippen MR) is 226 cm³/mol. The summed E-state index contributed by atoms with van der Waals surface area (Å²) in [5.74, 6) is 0.504. The van der Waals surface area contributed by atoms with E-state index in [0.717, 1.165) is 77.8 Å². The van der Waals surface area contributed by atoms with Gasteiger partial charge in [0.25, 0.3) is 0 Å². The van der Waals surface area contributed by atoms with Crippen LogP contribution in [0.25, 0.3) is 93.3 Å². The number of fused-ring (bicyclic) bond motifs is 3. The topological polar surface area (TPSA) is 87.0 Å². The van der Waals surface area contributed by atoms with Gasteiger partial charge < -0.3 is 4.57 Å². The molecule has 0 aliphatic heterocycles. The van der Waals surface area contributed by atoms with E-state index < -0.39 is 0 Å². The molecule has 0 saturated carbocycles. The van der Waals surface area contributed by atoms with Gasteiger partial charge in [-0.05, 0) is 83.2 Å².